The highest BCUT2D eigenvalue weighted by molar-refractivity contribution is 6.13. The second-order valence-electron chi connectivity index (χ2n) is 8.50. The molecule has 0 unspecified atom stereocenters. The molecule has 0 aliphatic carbocycles. The molecule has 0 amide bonds. The molecule has 8 nitrogen and oxygen atoms in total. The second kappa shape index (κ2) is 8.72. The Morgan fingerprint density at radius 1 is 0.971 bits per heavy atom. The van der Waals surface area contributed by atoms with E-state index in [4.69, 9.17) is 9.47 Å². The molecule has 3 heterocycles. The summed E-state index contributed by atoms with van der Waals surface area (Å²) in [7, 11) is 1.82. The van der Waals surface area contributed by atoms with E-state index < -0.39 is 23.5 Å². The first-order valence-corrected chi connectivity index (χ1v) is 11.1. The number of ketones is 1. The summed E-state index contributed by atoms with van der Waals surface area (Å²) in [6, 6.07) is 17.1. The monoisotopic (exact) mass is 469 g/mol. The van der Waals surface area contributed by atoms with Gasteiger partial charge in [-0.1, -0.05) is 48.5 Å². The third-order valence-electron chi connectivity index (χ3n) is 6.12. The Hall–Kier alpha value is -4.46. The van der Waals surface area contributed by atoms with Gasteiger partial charge < -0.3 is 18.6 Å². The zero-order valence-electron chi connectivity index (χ0n) is 19.3. The Balaban J connectivity index is 1.61. The van der Waals surface area contributed by atoms with Gasteiger partial charge in [0.25, 0.3) is 0 Å². The Labute approximate surface area is 201 Å². The number of aromatic nitrogens is 3. The number of para-hydroxylation sites is 1. The summed E-state index contributed by atoms with van der Waals surface area (Å²) in [5.41, 5.74) is 3.38. The lowest BCUT2D eigenvalue weighted by molar-refractivity contribution is -0.201. The number of esters is 2. The van der Waals surface area contributed by atoms with E-state index in [1.54, 1.807) is 30.1 Å². The zero-order chi connectivity index (χ0) is 24.6. The van der Waals surface area contributed by atoms with E-state index >= 15 is 0 Å². The fourth-order valence-corrected chi connectivity index (χ4v) is 4.40. The SMILES string of the molecule is Cc1ncn(Cc2ccccc2)c1CC1(C(=O)c2cn(C)c3ccccc23)OC(=O)C=CC(=O)O1. The number of rotatable bonds is 6. The fraction of sp³-hybridized carbons (Fsp3) is 0.185. The molecular formula is C27H23N3O5. The smallest absolute Gasteiger partial charge is 0.334 e. The lowest BCUT2D eigenvalue weighted by Gasteiger charge is -2.30. The van der Waals surface area contributed by atoms with E-state index in [-0.39, 0.29) is 12.0 Å². The summed E-state index contributed by atoms with van der Waals surface area (Å²) in [4.78, 5) is 43.5. The average Bonchev–Trinajstić information content (AvgIpc) is 3.31. The van der Waals surface area contributed by atoms with E-state index in [1.807, 2.05) is 60.1 Å². The van der Waals surface area contributed by atoms with Crippen molar-refractivity contribution in [2.45, 2.75) is 25.7 Å². The van der Waals surface area contributed by atoms with Crippen molar-refractivity contribution in [3.05, 3.63) is 102 Å². The van der Waals surface area contributed by atoms with Gasteiger partial charge in [0.05, 0.1) is 24.0 Å². The van der Waals surface area contributed by atoms with Crippen molar-refractivity contribution in [3.63, 3.8) is 0 Å². The van der Waals surface area contributed by atoms with Crippen molar-refractivity contribution in [1.82, 2.24) is 14.1 Å². The van der Waals surface area contributed by atoms with Crippen LogP contribution in [-0.4, -0.2) is 37.6 Å². The van der Waals surface area contributed by atoms with Crippen LogP contribution in [0.3, 0.4) is 0 Å². The average molecular weight is 469 g/mol. The van der Waals surface area contributed by atoms with Crippen LogP contribution in [0, 0.1) is 6.92 Å². The number of ether oxygens (including phenoxy) is 2. The molecule has 35 heavy (non-hydrogen) atoms. The molecule has 0 radical (unpaired) electrons. The van der Waals surface area contributed by atoms with Gasteiger partial charge in [0, 0.05) is 48.5 Å². The largest absolute Gasteiger partial charge is 0.411 e. The van der Waals surface area contributed by atoms with E-state index in [2.05, 4.69) is 4.98 Å². The van der Waals surface area contributed by atoms with Crippen molar-refractivity contribution in [3.8, 4) is 0 Å². The van der Waals surface area contributed by atoms with E-state index in [0.717, 1.165) is 23.2 Å². The van der Waals surface area contributed by atoms with Crippen LogP contribution in [0.5, 0.6) is 0 Å². The summed E-state index contributed by atoms with van der Waals surface area (Å²) >= 11 is 0. The third-order valence-corrected chi connectivity index (χ3v) is 6.12. The summed E-state index contributed by atoms with van der Waals surface area (Å²) in [6.07, 6.45) is 5.06. The number of Topliss-reactive ketones (excluding diaryl/α,β-unsaturated/α-hetero) is 1. The van der Waals surface area contributed by atoms with Crippen molar-refractivity contribution in [1.29, 1.82) is 0 Å². The maximum Gasteiger partial charge on any atom is 0.334 e. The van der Waals surface area contributed by atoms with Crippen LogP contribution in [0.25, 0.3) is 10.9 Å². The summed E-state index contributed by atoms with van der Waals surface area (Å²) in [5.74, 6) is -4.49. The fourth-order valence-electron chi connectivity index (χ4n) is 4.40. The van der Waals surface area contributed by atoms with Crippen molar-refractivity contribution in [2.24, 2.45) is 7.05 Å². The maximum absolute atomic E-state index is 14.1. The van der Waals surface area contributed by atoms with Gasteiger partial charge in [0.1, 0.15) is 0 Å². The molecule has 1 aliphatic heterocycles. The first-order valence-electron chi connectivity index (χ1n) is 11.1. The molecule has 2 aromatic carbocycles. The highest BCUT2D eigenvalue weighted by atomic mass is 16.7. The Bertz CT molecular complexity index is 1460. The van der Waals surface area contributed by atoms with Gasteiger partial charge in [-0.2, -0.15) is 0 Å². The number of hydrogen-bond donors (Lipinski definition) is 0. The number of carbonyl (C=O) groups is 3. The number of imidazole rings is 1. The van der Waals surface area contributed by atoms with Gasteiger partial charge in [0.2, 0.25) is 5.78 Å². The number of benzene rings is 2. The number of nitrogens with zero attached hydrogens (tertiary/aromatic N) is 3. The van der Waals surface area contributed by atoms with E-state index in [9.17, 15) is 14.4 Å². The van der Waals surface area contributed by atoms with Crippen LogP contribution in [-0.2, 0) is 39.1 Å². The number of aryl methyl sites for hydroxylation is 2. The predicted octanol–water partition coefficient (Wildman–Crippen LogP) is 3.51. The minimum absolute atomic E-state index is 0.188. The Morgan fingerprint density at radius 3 is 2.34 bits per heavy atom. The molecule has 0 spiro atoms. The number of cyclic esters (lactones) is 2. The van der Waals surface area contributed by atoms with Crippen molar-refractivity contribution < 1.29 is 23.9 Å². The van der Waals surface area contributed by atoms with Crippen molar-refractivity contribution in [2.75, 3.05) is 0 Å². The topological polar surface area (TPSA) is 92.4 Å². The molecule has 0 fully saturated rings. The van der Waals surface area contributed by atoms with Gasteiger partial charge in [-0.15, -0.1) is 0 Å². The Kier molecular flexibility index (Phi) is 5.56. The molecule has 0 N–H and O–H groups in total. The van der Waals surface area contributed by atoms with Crippen LogP contribution >= 0.6 is 0 Å². The first kappa shape index (κ1) is 22.3. The van der Waals surface area contributed by atoms with Gasteiger partial charge >= 0.3 is 17.7 Å². The summed E-state index contributed by atoms with van der Waals surface area (Å²) in [6.45, 7) is 2.28. The Morgan fingerprint density at radius 2 is 1.63 bits per heavy atom. The predicted molar refractivity (Wildman–Crippen MR) is 128 cm³/mol. The van der Waals surface area contributed by atoms with Crippen molar-refractivity contribution >= 4 is 28.6 Å². The standard InChI is InChI=1S/C27H23N3O5/c1-18-23(30(17-28-18)15-19-8-4-3-5-9-19)14-27(34-24(31)12-13-25(32)35-27)26(33)21-16-29(2)22-11-7-6-10-20(21)22/h3-13,16-17H,14-15H2,1-2H3. The van der Waals surface area contributed by atoms with Crippen LogP contribution in [0.1, 0.15) is 27.3 Å². The minimum Gasteiger partial charge on any atom is -0.411 e. The molecule has 4 aromatic rings. The number of fused-ring (bicyclic) bond motifs is 1. The van der Waals surface area contributed by atoms with E-state index in [0.29, 0.717) is 23.3 Å². The first-order chi connectivity index (χ1) is 16.9. The molecule has 176 valence electrons. The lowest BCUT2D eigenvalue weighted by atomic mass is 9.97. The highest BCUT2D eigenvalue weighted by Crippen LogP contribution is 2.32. The van der Waals surface area contributed by atoms with Gasteiger partial charge in [0.15, 0.2) is 0 Å². The molecule has 0 saturated heterocycles. The third kappa shape index (κ3) is 4.14. The van der Waals surface area contributed by atoms with Gasteiger partial charge in [-0.05, 0) is 18.6 Å². The van der Waals surface area contributed by atoms with E-state index in [1.165, 1.54) is 0 Å². The molecule has 0 bridgehead atoms. The highest BCUT2D eigenvalue weighted by Gasteiger charge is 2.49. The van der Waals surface area contributed by atoms with Gasteiger partial charge in [-0.25, -0.2) is 14.6 Å². The van der Waals surface area contributed by atoms with Crippen LogP contribution in [0.15, 0.2) is 79.3 Å². The molecular weight excluding hydrogens is 446 g/mol. The molecule has 0 saturated carbocycles. The lowest BCUT2D eigenvalue weighted by Crippen LogP contribution is -2.48. The molecule has 8 heteroatoms. The second-order valence-corrected chi connectivity index (χ2v) is 8.50. The molecule has 2 aromatic heterocycles. The minimum atomic E-state index is -2.19. The van der Waals surface area contributed by atoms with Crippen LogP contribution in [0.2, 0.25) is 0 Å². The van der Waals surface area contributed by atoms with Gasteiger partial charge in [-0.3, -0.25) is 4.79 Å². The normalized spacial score (nSPS) is 15.0. The summed E-state index contributed by atoms with van der Waals surface area (Å²) in [5, 5.41) is 0.665. The number of hydrogen-bond acceptors (Lipinski definition) is 6. The molecule has 1 aliphatic rings. The maximum atomic E-state index is 14.1. The molecule has 5 rings (SSSR count). The quantitative estimate of drug-likeness (QED) is 0.317. The zero-order valence-corrected chi connectivity index (χ0v) is 19.3. The van der Waals surface area contributed by atoms with Crippen LogP contribution in [0.4, 0.5) is 0 Å². The van der Waals surface area contributed by atoms with Crippen LogP contribution < -0.4 is 0 Å². The summed E-state index contributed by atoms with van der Waals surface area (Å²) < 4.78 is 14.9. The molecule has 0 atom stereocenters. The number of carbonyl (C=O) groups excluding carboxylic acids is 3.